The van der Waals surface area contributed by atoms with Crippen molar-refractivity contribution in [3.05, 3.63) is 23.3 Å². The maximum absolute atomic E-state index is 9.44. The van der Waals surface area contributed by atoms with Crippen molar-refractivity contribution in [2.45, 2.75) is 19.8 Å². The second-order valence-corrected chi connectivity index (χ2v) is 4.75. The molecule has 0 aromatic rings. The van der Waals surface area contributed by atoms with Gasteiger partial charge in [-0.05, 0) is 13.3 Å². The van der Waals surface area contributed by atoms with E-state index in [0.717, 1.165) is 11.1 Å². The van der Waals surface area contributed by atoms with E-state index in [9.17, 15) is 21.0 Å². The van der Waals surface area contributed by atoms with Gasteiger partial charge in [-0.2, -0.15) is 21.0 Å². The zero-order valence-corrected chi connectivity index (χ0v) is 9.94. The maximum Gasteiger partial charge on any atom is 0.185 e. The van der Waals surface area contributed by atoms with Crippen LogP contribution < -0.4 is 0 Å². The third-order valence-electron chi connectivity index (χ3n) is 3.99. The molecule has 0 aromatic heterocycles. The van der Waals surface area contributed by atoms with Crippen molar-refractivity contribution < 1.29 is 0 Å². The lowest BCUT2D eigenvalue weighted by Crippen LogP contribution is -2.46. The molecule has 0 fully saturated rings. The van der Waals surface area contributed by atoms with Crippen LogP contribution in [0, 0.1) is 62.1 Å². The first kappa shape index (κ1) is 11.9. The van der Waals surface area contributed by atoms with E-state index in [1.165, 1.54) is 0 Å². The van der Waals surface area contributed by atoms with Gasteiger partial charge in [0.1, 0.15) is 0 Å². The molecule has 18 heavy (non-hydrogen) atoms. The normalized spacial score (nSPS) is 26.4. The highest BCUT2D eigenvalue weighted by Gasteiger charge is 2.62. The van der Waals surface area contributed by atoms with Crippen LogP contribution in [0.5, 0.6) is 0 Å². The zero-order chi connectivity index (χ0) is 13.4. The predicted octanol–water partition coefficient (Wildman–Crippen LogP) is 2.35. The predicted molar refractivity (Wildman–Crippen MR) is 61.9 cm³/mol. The summed E-state index contributed by atoms with van der Waals surface area (Å²) in [6.45, 7) is 1.87. The van der Waals surface area contributed by atoms with E-state index in [2.05, 4.69) is 0 Å². The van der Waals surface area contributed by atoms with Gasteiger partial charge >= 0.3 is 0 Å². The monoisotopic (exact) mass is 234 g/mol. The highest BCUT2D eigenvalue weighted by molar-refractivity contribution is 5.49. The number of allylic oxidation sites excluding steroid dienone is 4. The van der Waals surface area contributed by atoms with Crippen molar-refractivity contribution in [2.75, 3.05) is 0 Å². The van der Waals surface area contributed by atoms with Crippen LogP contribution in [0.1, 0.15) is 19.8 Å². The van der Waals surface area contributed by atoms with Crippen LogP contribution in [0.15, 0.2) is 23.3 Å². The maximum atomic E-state index is 9.44. The number of hydrogen-bond donors (Lipinski definition) is 0. The summed E-state index contributed by atoms with van der Waals surface area (Å²) in [6.07, 6.45) is 4.56. The van der Waals surface area contributed by atoms with Crippen LogP contribution in [0.2, 0.25) is 0 Å². The van der Waals surface area contributed by atoms with Gasteiger partial charge in [-0.25, -0.2) is 0 Å². The molecule has 2 aliphatic carbocycles. The van der Waals surface area contributed by atoms with E-state index in [1.807, 2.05) is 37.3 Å². The Kier molecular flexibility index (Phi) is 2.47. The Morgan fingerprint density at radius 2 is 1.72 bits per heavy atom. The first-order valence-corrected chi connectivity index (χ1v) is 5.61. The van der Waals surface area contributed by atoms with Crippen LogP contribution in [0.25, 0.3) is 0 Å². The molecule has 0 aliphatic heterocycles. The van der Waals surface area contributed by atoms with Gasteiger partial charge in [0, 0.05) is 12.3 Å². The minimum atomic E-state index is -1.60. The summed E-state index contributed by atoms with van der Waals surface area (Å²) in [5.41, 5.74) is -1.21. The third-order valence-corrected chi connectivity index (χ3v) is 3.99. The molecule has 1 atom stereocenters. The van der Waals surface area contributed by atoms with Gasteiger partial charge in [-0.15, -0.1) is 0 Å². The van der Waals surface area contributed by atoms with Crippen molar-refractivity contribution >= 4 is 0 Å². The highest BCUT2D eigenvalue weighted by Crippen LogP contribution is 2.57. The molecule has 4 nitrogen and oxygen atoms in total. The van der Waals surface area contributed by atoms with Crippen LogP contribution in [-0.2, 0) is 0 Å². The lowest BCUT2D eigenvalue weighted by atomic mass is 9.53. The van der Waals surface area contributed by atoms with Crippen LogP contribution in [0.3, 0.4) is 0 Å². The Bertz CT molecular complexity index is 597. The van der Waals surface area contributed by atoms with Crippen LogP contribution in [0.4, 0.5) is 0 Å². The number of nitriles is 4. The smallest absolute Gasteiger partial charge is 0.185 e. The van der Waals surface area contributed by atoms with Gasteiger partial charge in [-0.3, -0.25) is 0 Å². The first-order valence-electron chi connectivity index (χ1n) is 5.61. The Labute approximate surface area is 106 Å². The quantitative estimate of drug-likeness (QED) is 0.601. The molecule has 0 aromatic carbocycles. The molecule has 0 heterocycles. The third kappa shape index (κ3) is 1.10. The van der Waals surface area contributed by atoms with E-state index in [-0.39, 0.29) is 6.42 Å². The molecule has 86 valence electrons. The summed E-state index contributed by atoms with van der Waals surface area (Å²) < 4.78 is 0. The summed E-state index contributed by atoms with van der Waals surface area (Å²) in [5.74, 6) is -0.430. The SMILES string of the molecule is CC1=C2CC=CC2C(C#N)(C#N)C(C#N)(C#N)C1. The van der Waals surface area contributed by atoms with E-state index in [1.54, 1.807) is 6.08 Å². The Morgan fingerprint density at radius 1 is 1.11 bits per heavy atom. The van der Waals surface area contributed by atoms with Crippen LogP contribution >= 0.6 is 0 Å². The summed E-state index contributed by atoms with van der Waals surface area (Å²) in [7, 11) is 0. The molecule has 0 saturated carbocycles. The number of fused-ring (bicyclic) bond motifs is 1. The fourth-order valence-corrected chi connectivity index (χ4v) is 2.97. The molecule has 2 rings (SSSR count). The lowest BCUT2D eigenvalue weighted by Gasteiger charge is -2.40. The van der Waals surface area contributed by atoms with Crippen LogP contribution in [-0.4, -0.2) is 0 Å². The van der Waals surface area contributed by atoms with Crippen molar-refractivity contribution in [2.24, 2.45) is 16.7 Å². The zero-order valence-electron chi connectivity index (χ0n) is 9.94. The van der Waals surface area contributed by atoms with Gasteiger partial charge in [0.05, 0.1) is 24.3 Å². The number of rotatable bonds is 0. The Morgan fingerprint density at radius 3 is 2.22 bits per heavy atom. The molecular weight excluding hydrogens is 224 g/mol. The van der Waals surface area contributed by atoms with Gasteiger partial charge in [0.15, 0.2) is 10.8 Å². The summed E-state index contributed by atoms with van der Waals surface area (Å²) >= 11 is 0. The van der Waals surface area contributed by atoms with Gasteiger partial charge in [-0.1, -0.05) is 23.3 Å². The number of hydrogen-bond acceptors (Lipinski definition) is 4. The molecular formula is C14H10N4. The second-order valence-electron chi connectivity index (χ2n) is 4.75. The second kappa shape index (κ2) is 3.73. The topological polar surface area (TPSA) is 95.2 Å². The molecule has 0 saturated heterocycles. The molecule has 2 aliphatic rings. The molecule has 0 N–H and O–H groups in total. The molecule has 1 unspecified atom stereocenters. The Hall–Kier alpha value is -2.56. The largest absolute Gasteiger partial charge is 0.196 e. The fraction of sp³-hybridized carbons (Fsp3) is 0.429. The molecule has 4 heteroatoms. The number of nitrogens with zero attached hydrogens (tertiary/aromatic N) is 4. The van der Waals surface area contributed by atoms with Crippen molar-refractivity contribution in [1.82, 2.24) is 0 Å². The molecule has 0 radical (unpaired) electrons. The van der Waals surface area contributed by atoms with E-state index in [0.29, 0.717) is 6.42 Å². The average Bonchev–Trinajstić information content (AvgIpc) is 2.89. The minimum Gasteiger partial charge on any atom is -0.196 e. The molecule has 0 bridgehead atoms. The van der Waals surface area contributed by atoms with E-state index >= 15 is 0 Å². The van der Waals surface area contributed by atoms with E-state index < -0.39 is 16.7 Å². The summed E-state index contributed by atoms with van der Waals surface area (Å²) in [4.78, 5) is 0. The highest BCUT2D eigenvalue weighted by atomic mass is 14.6. The first-order chi connectivity index (χ1) is 8.60. The van der Waals surface area contributed by atoms with Gasteiger partial charge in [0.2, 0.25) is 0 Å². The summed E-state index contributed by atoms with van der Waals surface area (Å²) in [6, 6.07) is 7.78. The standard InChI is InChI=1S/C14H10N4/c1-10-5-13(6-15,7-16)14(8-17,9-18)12-4-2-3-11(10)12/h2,4,12H,3,5H2,1H3. The van der Waals surface area contributed by atoms with Gasteiger partial charge in [0.25, 0.3) is 0 Å². The van der Waals surface area contributed by atoms with Gasteiger partial charge < -0.3 is 0 Å². The Balaban J connectivity index is 2.79. The fourth-order valence-electron chi connectivity index (χ4n) is 2.97. The minimum absolute atomic E-state index is 0.175. The van der Waals surface area contributed by atoms with Crippen molar-refractivity contribution in [3.63, 3.8) is 0 Å². The van der Waals surface area contributed by atoms with E-state index in [4.69, 9.17) is 0 Å². The van der Waals surface area contributed by atoms with Crippen molar-refractivity contribution in [1.29, 1.82) is 21.0 Å². The summed E-state index contributed by atoms with van der Waals surface area (Å²) in [5, 5.41) is 37.6. The molecule has 0 amide bonds. The average molecular weight is 234 g/mol. The lowest BCUT2D eigenvalue weighted by molar-refractivity contribution is 0.227. The van der Waals surface area contributed by atoms with Crippen molar-refractivity contribution in [3.8, 4) is 24.3 Å². The molecule has 0 spiro atoms.